The number of nitrogens with one attached hydrogen (secondary N) is 1. The van der Waals surface area contributed by atoms with E-state index in [-0.39, 0.29) is 42.8 Å². The second-order valence-corrected chi connectivity index (χ2v) is 6.71. The summed E-state index contributed by atoms with van der Waals surface area (Å²) in [5, 5.41) is 3.20. The van der Waals surface area contributed by atoms with Gasteiger partial charge in [-0.2, -0.15) is 0 Å². The lowest BCUT2D eigenvalue weighted by atomic mass is 9.83. The highest BCUT2D eigenvalue weighted by Crippen LogP contribution is 2.26. The molecule has 3 N–H and O–H groups in total. The van der Waals surface area contributed by atoms with Crippen LogP contribution in [0.25, 0.3) is 0 Å². The summed E-state index contributed by atoms with van der Waals surface area (Å²) in [6.07, 6.45) is 5.09. The van der Waals surface area contributed by atoms with Crippen LogP contribution in [0.15, 0.2) is 30.3 Å². The van der Waals surface area contributed by atoms with E-state index in [0.717, 1.165) is 24.9 Å². The Bertz CT molecular complexity index is 471. The van der Waals surface area contributed by atoms with Crippen LogP contribution in [0.1, 0.15) is 43.7 Å². The number of hydrogen-bond acceptors (Lipinski definition) is 3. The lowest BCUT2D eigenvalue weighted by molar-refractivity contribution is -0.123. The van der Waals surface area contributed by atoms with E-state index in [2.05, 4.69) is 22.3 Å². The maximum absolute atomic E-state index is 12.4. The van der Waals surface area contributed by atoms with Gasteiger partial charge in [-0.1, -0.05) is 43.2 Å². The standard InChI is InChI=1S/C18H29N3O.2ClH/c1-21(2)13-17(14-8-4-3-5-9-14)20-18(22)12-15-10-6-7-11-16(15)19;;/h3-5,8-9,15-17H,6-7,10-13,19H2,1-2H3,(H,20,22);2*1H. The third-order valence-corrected chi connectivity index (χ3v) is 4.50. The van der Waals surface area contributed by atoms with E-state index in [1.165, 1.54) is 12.8 Å². The number of benzene rings is 1. The fourth-order valence-corrected chi connectivity index (χ4v) is 3.27. The van der Waals surface area contributed by atoms with E-state index in [0.29, 0.717) is 12.3 Å². The van der Waals surface area contributed by atoms with E-state index >= 15 is 0 Å². The third kappa shape index (κ3) is 7.39. The fraction of sp³-hybridized carbons (Fsp3) is 0.611. The van der Waals surface area contributed by atoms with Gasteiger partial charge < -0.3 is 16.0 Å². The van der Waals surface area contributed by atoms with Gasteiger partial charge in [0.1, 0.15) is 0 Å². The second kappa shape index (κ2) is 11.7. The Morgan fingerprint density at radius 3 is 2.42 bits per heavy atom. The normalized spacial score (nSPS) is 21.3. The predicted molar refractivity (Wildman–Crippen MR) is 105 cm³/mol. The third-order valence-electron chi connectivity index (χ3n) is 4.50. The van der Waals surface area contributed by atoms with Gasteiger partial charge in [-0.3, -0.25) is 4.79 Å². The number of rotatable bonds is 6. The molecule has 1 saturated carbocycles. The molecule has 0 spiro atoms. The van der Waals surface area contributed by atoms with Gasteiger partial charge in [0.05, 0.1) is 6.04 Å². The minimum Gasteiger partial charge on any atom is -0.348 e. The van der Waals surface area contributed by atoms with Crippen molar-refractivity contribution in [3.63, 3.8) is 0 Å². The molecule has 1 aliphatic carbocycles. The van der Waals surface area contributed by atoms with Crippen molar-refractivity contribution in [2.24, 2.45) is 11.7 Å². The van der Waals surface area contributed by atoms with E-state index < -0.39 is 0 Å². The van der Waals surface area contributed by atoms with E-state index in [4.69, 9.17) is 5.73 Å². The number of hydrogen-bond donors (Lipinski definition) is 2. The Hall–Kier alpha value is -0.810. The van der Waals surface area contributed by atoms with Crippen LogP contribution >= 0.6 is 24.8 Å². The number of nitrogens with zero attached hydrogens (tertiary/aromatic N) is 1. The molecule has 4 nitrogen and oxygen atoms in total. The minimum atomic E-state index is 0. The van der Waals surface area contributed by atoms with Crippen molar-refractivity contribution in [1.29, 1.82) is 0 Å². The Balaban J connectivity index is 0.00000264. The van der Waals surface area contributed by atoms with Crippen LogP contribution < -0.4 is 11.1 Å². The zero-order valence-electron chi connectivity index (χ0n) is 14.6. The molecule has 138 valence electrons. The van der Waals surface area contributed by atoms with Crippen LogP contribution in [0.4, 0.5) is 0 Å². The number of carbonyl (C=O) groups excluding carboxylic acids is 1. The molecule has 1 aliphatic rings. The first kappa shape index (κ1) is 23.2. The summed E-state index contributed by atoms with van der Waals surface area (Å²) in [7, 11) is 4.05. The summed E-state index contributed by atoms with van der Waals surface area (Å²) in [4.78, 5) is 14.5. The lowest BCUT2D eigenvalue weighted by Crippen LogP contribution is -2.40. The Kier molecular flexibility index (Phi) is 11.3. The second-order valence-electron chi connectivity index (χ2n) is 6.71. The smallest absolute Gasteiger partial charge is 0.220 e. The van der Waals surface area contributed by atoms with Gasteiger partial charge in [0.2, 0.25) is 5.91 Å². The highest BCUT2D eigenvalue weighted by atomic mass is 35.5. The summed E-state index contributed by atoms with van der Waals surface area (Å²) in [5.41, 5.74) is 7.31. The van der Waals surface area contributed by atoms with Crippen molar-refractivity contribution in [1.82, 2.24) is 10.2 Å². The minimum absolute atomic E-state index is 0. The Morgan fingerprint density at radius 2 is 1.83 bits per heavy atom. The maximum atomic E-state index is 12.4. The SMILES string of the molecule is CN(C)CC(NC(=O)CC1CCCCC1N)c1ccccc1.Cl.Cl. The van der Waals surface area contributed by atoms with Crippen molar-refractivity contribution in [3.8, 4) is 0 Å². The summed E-state index contributed by atoms with van der Waals surface area (Å²) in [6.45, 7) is 0.798. The van der Waals surface area contributed by atoms with Gasteiger partial charge >= 0.3 is 0 Å². The molecule has 2 rings (SSSR count). The topological polar surface area (TPSA) is 58.4 Å². The zero-order valence-corrected chi connectivity index (χ0v) is 16.2. The van der Waals surface area contributed by atoms with Gasteiger partial charge in [-0.25, -0.2) is 0 Å². The molecule has 6 heteroatoms. The lowest BCUT2D eigenvalue weighted by Gasteiger charge is -2.29. The molecule has 1 aromatic rings. The van der Waals surface area contributed by atoms with Gasteiger partial charge in [-0.05, 0) is 38.4 Å². The first-order valence-corrected chi connectivity index (χ1v) is 8.31. The molecule has 0 aromatic heterocycles. The number of likely N-dealkylation sites (N-methyl/N-ethyl adjacent to an activating group) is 1. The molecule has 0 radical (unpaired) electrons. The molecular formula is C18H31Cl2N3O. The molecule has 1 fully saturated rings. The van der Waals surface area contributed by atoms with Crippen LogP contribution in [0.3, 0.4) is 0 Å². The predicted octanol–water partition coefficient (Wildman–Crippen LogP) is 3.16. The summed E-state index contributed by atoms with van der Waals surface area (Å²) >= 11 is 0. The van der Waals surface area contributed by atoms with E-state index in [1.807, 2.05) is 32.3 Å². The average Bonchev–Trinajstić information content (AvgIpc) is 2.49. The average molecular weight is 376 g/mol. The van der Waals surface area contributed by atoms with Gasteiger partial charge in [0, 0.05) is 19.0 Å². The van der Waals surface area contributed by atoms with Crippen LogP contribution in [0.2, 0.25) is 0 Å². The van der Waals surface area contributed by atoms with Crippen molar-refractivity contribution in [2.75, 3.05) is 20.6 Å². The summed E-state index contributed by atoms with van der Waals surface area (Å²) in [5.74, 6) is 0.461. The molecule has 0 bridgehead atoms. The monoisotopic (exact) mass is 375 g/mol. The molecule has 3 atom stereocenters. The molecule has 0 aliphatic heterocycles. The Labute approximate surface area is 158 Å². The van der Waals surface area contributed by atoms with Crippen molar-refractivity contribution in [3.05, 3.63) is 35.9 Å². The highest BCUT2D eigenvalue weighted by Gasteiger charge is 2.25. The quantitative estimate of drug-likeness (QED) is 0.802. The number of halogens is 2. The van der Waals surface area contributed by atoms with E-state index in [1.54, 1.807) is 0 Å². The van der Waals surface area contributed by atoms with Gasteiger partial charge in [0.15, 0.2) is 0 Å². The largest absolute Gasteiger partial charge is 0.348 e. The number of nitrogens with two attached hydrogens (primary N) is 1. The van der Waals surface area contributed by atoms with Gasteiger partial charge in [0.25, 0.3) is 0 Å². The summed E-state index contributed by atoms with van der Waals surface area (Å²) in [6, 6.07) is 10.4. The first-order valence-electron chi connectivity index (χ1n) is 8.31. The molecule has 24 heavy (non-hydrogen) atoms. The van der Waals surface area contributed by atoms with Crippen LogP contribution in [-0.2, 0) is 4.79 Å². The van der Waals surface area contributed by atoms with Crippen molar-refractivity contribution in [2.45, 2.75) is 44.2 Å². The van der Waals surface area contributed by atoms with Crippen LogP contribution in [0, 0.1) is 5.92 Å². The highest BCUT2D eigenvalue weighted by molar-refractivity contribution is 5.85. The summed E-state index contributed by atoms with van der Waals surface area (Å²) < 4.78 is 0. The molecule has 3 unspecified atom stereocenters. The van der Waals surface area contributed by atoms with Crippen LogP contribution in [0.5, 0.6) is 0 Å². The number of amides is 1. The van der Waals surface area contributed by atoms with Crippen molar-refractivity contribution < 1.29 is 4.79 Å². The van der Waals surface area contributed by atoms with Gasteiger partial charge in [-0.15, -0.1) is 24.8 Å². The van der Waals surface area contributed by atoms with Crippen LogP contribution in [-0.4, -0.2) is 37.5 Å². The molecule has 0 heterocycles. The first-order chi connectivity index (χ1) is 10.6. The molecular weight excluding hydrogens is 345 g/mol. The molecule has 0 saturated heterocycles. The van der Waals surface area contributed by atoms with Crippen molar-refractivity contribution >= 4 is 30.7 Å². The Morgan fingerprint density at radius 1 is 1.21 bits per heavy atom. The fourth-order valence-electron chi connectivity index (χ4n) is 3.27. The maximum Gasteiger partial charge on any atom is 0.220 e. The molecule has 1 amide bonds. The zero-order chi connectivity index (χ0) is 15.9. The number of carbonyl (C=O) groups is 1. The molecule has 1 aromatic carbocycles. The van der Waals surface area contributed by atoms with E-state index in [9.17, 15) is 4.79 Å².